The molecule has 0 heterocycles. The van der Waals surface area contributed by atoms with Crippen LogP contribution >= 0.6 is 7.14 Å². The van der Waals surface area contributed by atoms with E-state index in [1.165, 1.54) is 16.3 Å². The van der Waals surface area contributed by atoms with Gasteiger partial charge in [-0.1, -0.05) is 85.8 Å². The molecule has 0 fully saturated rings. The minimum atomic E-state index is -2.69. The van der Waals surface area contributed by atoms with Crippen molar-refractivity contribution in [2.45, 2.75) is 13.3 Å². The average molecular weight is 370 g/mol. The van der Waals surface area contributed by atoms with Crippen LogP contribution in [0.3, 0.4) is 0 Å². The molecule has 0 saturated heterocycles. The molecule has 134 valence electrons. The molecule has 0 radical (unpaired) electrons. The maximum absolute atomic E-state index is 13.9. The lowest BCUT2D eigenvalue weighted by Crippen LogP contribution is -2.16. The Hall–Kier alpha value is -2.63. The Morgan fingerprint density at radius 2 is 1.41 bits per heavy atom. The fraction of sp³-hybridized carbons (Fsp3) is 0.120. The summed E-state index contributed by atoms with van der Waals surface area (Å²) in [6.45, 7) is 4.05. The van der Waals surface area contributed by atoms with Crippen molar-refractivity contribution >= 4 is 39.3 Å². The van der Waals surface area contributed by atoms with Crippen LogP contribution in [0.25, 0.3) is 21.5 Å². The first-order chi connectivity index (χ1) is 13.1. The van der Waals surface area contributed by atoms with Crippen LogP contribution in [-0.4, -0.2) is 6.66 Å². The van der Waals surface area contributed by atoms with Crippen LogP contribution in [0.15, 0.2) is 91.0 Å². The van der Waals surface area contributed by atoms with E-state index in [1.807, 2.05) is 37.0 Å². The van der Waals surface area contributed by atoms with Gasteiger partial charge in [-0.05, 0) is 52.3 Å². The summed E-state index contributed by atoms with van der Waals surface area (Å²) < 4.78 is 13.9. The van der Waals surface area contributed by atoms with Gasteiger partial charge in [0.25, 0.3) is 0 Å². The van der Waals surface area contributed by atoms with E-state index >= 15 is 0 Å². The molecule has 27 heavy (non-hydrogen) atoms. The number of aryl methyl sites for hydroxylation is 1. The first kappa shape index (κ1) is 17.8. The van der Waals surface area contributed by atoms with Gasteiger partial charge in [-0.25, -0.2) is 0 Å². The van der Waals surface area contributed by atoms with E-state index in [0.717, 1.165) is 27.8 Å². The summed E-state index contributed by atoms with van der Waals surface area (Å²) in [7, 11) is -2.69. The van der Waals surface area contributed by atoms with E-state index in [4.69, 9.17) is 0 Å². The molecule has 0 N–H and O–H groups in total. The predicted molar refractivity (Wildman–Crippen MR) is 119 cm³/mol. The van der Waals surface area contributed by atoms with E-state index < -0.39 is 7.14 Å². The number of rotatable bonds is 3. The molecule has 0 aliphatic rings. The second kappa shape index (κ2) is 7.18. The van der Waals surface area contributed by atoms with Crippen molar-refractivity contribution in [2.75, 3.05) is 6.66 Å². The first-order valence-corrected chi connectivity index (χ1v) is 11.5. The highest BCUT2D eigenvalue weighted by molar-refractivity contribution is 7.78. The second-order valence-electron chi connectivity index (χ2n) is 7.02. The van der Waals surface area contributed by atoms with Crippen molar-refractivity contribution < 1.29 is 4.57 Å². The van der Waals surface area contributed by atoms with E-state index in [1.54, 1.807) is 0 Å². The van der Waals surface area contributed by atoms with Gasteiger partial charge in [-0.15, -0.1) is 0 Å². The molecule has 1 atom stereocenters. The molecule has 4 bridgehead atoms. The molecule has 1 unspecified atom stereocenters. The summed E-state index contributed by atoms with van der Waals surface area (Å²) in [5.41, 5.74) is 1.25. The molecule has 0 aliphatic carbocycles. The van der Waals surface area contributed by atoms with Crippen LogP contribution in [0.4, 0.5) is 0 Å². The van der Waals surface area contributed by atoms with Crippen LogP contribution in [0.5, 0.6) is 0 Å². The molecule has 0 aliphatic heterocycles. The van der Waals surface area contributed by atoms with Crippen molar-refractivity contribution in [1.82, 2.24) is 0 Å². The molecule has 2 heteroatoms. The lowest BCUT2D eigenvalue weighted by molar-refractivity contribution is 0.590. The zero-order valence-corrected chi connectivity index (χ0v) is 16.6. The topological polar surface area (TPSA) is 17.1 Å². The van der Waals surface area contributed by atoms with Gasteiger partial charge in [0.05, 0.1) is 0 Å². The lowest BCUT2D eigenvalue weighted by atomic mass is 10.0. The van der Waals surface area contributed by atoms with Crippen LogP contribution in [-0.2, 0) is 11.0 Å². The fourth-order valence-electron chi connectivity index (χ4n) is 3.76. The smallest absolute Gasteiger partial charge is 0.140 e. The fourth-order valence-corrected chi connectivity index (χ4v) is 5.81. The Balaban J connectivity index is 2.09. The van der Waals surface area contributed by atoms with Gasteiger partial charge < -0.3 is 4.57 Å². The van der Waals surface area contributed by atoms with Crippen molar-refractivity contribution in [3.8, 4) is 0 Å². The third-order valence-corrected chi connectivity index (χ3v) is 7.83. The lowest BCUT2D eigenvalue weighted by Gasteiger charge is -2.18. The number of hydrogen-bond donors (Lipinski definition) is 0. The summed E-state index contributed by atoms with van der Waals surface area (Å²) in [4.78, 5) is 0. The highest BCUT2D eigenvalue weighted by Crippen LogP contribution is 2.41. The van der Waals surface area contributed by atoms with Gasteiger partial charge in [0.2, 0.25) is 0 Å². The summed E-state index contributed by atoms with van der Waals surface area (Å²) in [5, 5.41) is 6.48. The van der Waals surface area contributed by atoms with Crippen LogP contribution in [0.2, 0.25) is 0 Å². The zero-order chi connectivity index (χ0) is 18.9. The molecule has 0 amide bonds. The molecular weight excluding hydrogens is 347 g/mol. The molecule has 4 rings (SSSR count). The van der Waals surface area contributed by atoms with Gasteiger partial charge in [-0.2, -0.15) is 0 Å². The predicted octanol–water partition coefficient (Wildman–Crippen LogP) is 6.06. The Kier molecular flexibility index (Phi) is 4.72. The van der Waals surface area contributed by atoms with Crippen LogP contribution < -0.4 is 10.6 Å². The highest BCUT2D eigenvalue weighted by atomic mass is 31.2. The van der Waals surface area contributed by atoms with Crippen molar-refractivity contribution in [3.63, 3.8) is 0 Å². The van der Waals surface area contributed by atoms with Gasteiger partial charge in [0, 0.05) is 10.6 Å². The number of hydrogen-bond acceptors (Lipinski definition) is 1. The number of fused-ring (bicyclic) bond motifs is 4. The summed E-state index contributed by atoms with van der Waals surface area (Å²) >= 11 is 0. The van der Waals surface area contributed by atoms with Gasteiger partial charge in [0.1, 0.15) is 7.14 Å². The molecule has 0 spiro atoms. The summed E-state index contributed by atoms with van der Waals surface area (Å²) in [5.74, 6) is 0. The van der Waals surface area contributed by atoms with E-state index in [-0.39, 0.29) is 0 Å². The van der Waals surface area contributed by atoms with E-state index in [0.29, 0.717) is 0 Å². The van der Waals surface area contributed by atoms with E-state index in [9.17, 15) is 4.57 Å². The van der Waals surface area contributed by atoms with Gasteiger partial charge in [0.15, 0.2) is 0 Å². The molecule has 0 aromatic heterocycles. The summed E-state index contributed by atoms with van der Waals surface area (Å²) in [6, 6.07) is 31.1. The highest BCUT2D eigenvalue weighted by Gasteiger charge is 2.23. The minimum absolute atomic E-state index is 0.899. The normalized spacial score (nSPS) is 13.4. The van der Waals surface area contributed by atoms with Crippen molar-refractivity contribution in [1.29, 1.82) is 0 Å². The largest absolute Gasteiger partial charge is 0.314 e. The molecule has 4 aromatic rings. The van der Waals surface area contributed by atoms with Crippen LogP contribution in [0.1, 0.15) is 12.5 Å². The third kappa shape index (κ3) is 3.36. The number of benzene rings is 3. The minimum Gasteiger partial charge on any atom is -0.314 e. The second-order valence-corrected chi connectivity index (χ2v) is 9.86. The summed E-state index contributed by atoms with van der Waals surface area (Å²) in [6.07, 6.45) is 0.899. The third-order valence-electron chi connectivity index (χ3n) is 5.24. The molecule has 1 nitrogen and oxygen atoms in total. The van der Waals surface area contributed by atoms with Crippen LogP contribution in [0, 0.1) is 0 Å². The quantitative estimate of drug-likeness (QED) is 0.401. The van der Waals surface area contributed by atoms with Crippen molar-refractivity contribution in [2.24, 2.45) is 0 Å². The Morgan fingerprint density at radius 3 is 2.11 bits per heavy atom. The SMILES string of the molecule is CCc1c2ccc(P(C)(=O)c3ccccc3)c1ccc1cccc(cc2)c1. The monoisotopic (exact) mass is 370 g/mol. The Labute approximate surface area is 160 Å². The molecule has 4 aromatic carbocycles. The van der Waals surface area contributed by atoms with Crippen molar-refractivity contribution in [3.05, 3.63) is 96.6 Å². The molecule has 0 saturated carbocycles. The maximum Gasteiger partial charge on any atom is 0.140 e. The zero-order valence-electron chi connectivity index (χ0n) is 15.7. The average Bonchev–Trinajstić information content (AvgIpc) is 2.70. The van der Waals surface area contributed by atoms with E-state index in [2.05, 4.69) is 67.6 Å². The maximum atomic E-state index is 13.9. The Morgan fingerprint density at radius 1 is 0.741 bits per heavy atom. The van der Waals surface area contributed by atoms with Gasteiger partial charge in [-0.3, -0.25) is 0 Å². The standard InChI is InChI=1S/C25H23OP/c1-3-23-21-14-12-19-8-7-9-20(18-19)13-16-24(23)25(17-15-21)27(2,26)22-10-5-4-6-11-22/h4-18H,3H2,1-2H3. The Bertz CT molecular complexity index is 1190. The molecular formula is C25H23OP. The van der Waals surface area contributed by atoms with Gasteiger partial charge >= 0.3 is 0 Å². The first-order valence-electron chi connectivity index (χ1n) is 9.35.